The summed E-state index contributed by atoms with van der Waals surface area (Å²) in [6.07, 6.45) is 0.979. The van der Waals surface area contributed by atoms with E-state index in [9.17, 15) is 14.4 Å². The van der Waals surface area contributed by atoms with Crippen LogP contribution in [0.15, 0.2) is 53.4 Å². The van der Waals surface area contributed by atoms with Crippen molar-refractivity contribution in [2.24, 2.45) is 0 Å². The second-order valence-electron chi connectivity index (χ2n) is 6.28. The van der Waals surface area contributed by atoms with Crippen LogP contribution in [0, 0.1) is 11.3 Å². The summed E-state index contributed by atoms with van der Waals surface area (Å²) in [7, 11) is 0. The van der Waals surface area contributed by atoms with E-state index in [2.05, 4.69) is 11.4 Å². The fourth-order valence-electron chi connectivity index (χ4n) is 2.84. The first-order valence-electron chi connectivity index (χ1n) is 8.91. The first-order valence-corrected chi connectivity index (χ1v) is 9.89. The van der Waals surface area contributed by atoms with Crippen molar-refractivity contribution in [2.75, 3.05) is 11.1 Å². The Labute approximate surface area is 167 Å². The number of para-hydroxylation sites is 1. The van der Waals surface area contributed by atoms with E-state index in [0.29, 0.717) is 23.4 Å². The number of anilines is 1. The van der Waals surface area contributed by atoms with Crippen LogP contribution in [0.4, 0.5) is 5.69 Å². The van der Waals surface area contributed by atoms with Crippen LogP contribution in [0.25, 0.3) is 0 Å². The summed E-state index contributed by atoms with van der Waals surface area (Å²) in [5.41, 5.74) is 1.99. The molecule has 0 bridgehead atoms. The number of carbonyl (C=O) groups is 3. The zero-order chi connectivity index (χ0) is 19.9. The van der Waals surface area contributed by atoms with Crippen molar-refractivity contribution < 1.29 is 14.4 Å². The molecule has 3 amide bonds. The van der Waals surface area contributed by atoms with Crippen LogP contribution >= 0.6 is 11.8 Å². The second-order valence-corrected chi connectivity index (χ2v) is 7.41. The molecule has 6 nitrogen and oxygen atoms in total. The fraction of sp³-hybridized carbons (Fsp3) is 0.238. The Bertz CT molecular complexity index is 919. The quantitative estimate of drug-likeness (QED) is 0.441. The molecule has 142 valence electrons. The summed E-state index contributed by atoms with van der Waals surface area (Å²) in [5.74, 6) is 0.106. The minimum absolute atomic E-state index is 0.155. The van der Waals surface area contributed by atoms with Gasteiger partial charge in [-0.15, -0.1) is 11.8 Å². The zero-order valence-corrected chi connectivity index (χ0v) is 16.0. The maximum Gasteiger partial charge on any atom is 0.255 e. The van der Waals surface area contributed by atoms with Gasteiger partial charge in [0, 0.05) is 35.5 Å². The van der Waals surface area contributed by atoms with Gasteiger partial charge in [-0.1, -0.05) is 24.3 Å². The third kappa shape index (κ3) is 4.78. The molecule has 0 unspecified atom stereocenters. The fourth-order valence-corrected chi connectivity index (χ4v) is 3.70. The Morgan fingerprint density at radius 3 is 2.43 bits per heavy atom. The van der Waals surface area contributed by atoms with Crippen LogP contribution in [-0.4, -0.2) is 28.4 Å². The number of hydrogen-bond donors (Lipinski definition) is 1. The van der Waals surface area contributed by atoms with Gasteiger partial charge in [-0.2, -0.15) is 5.26 Å². The number of likely N-dealkylation sites (tertiary alicyclic amines) is 1. The van der Waals surface area contributed by atoms with Crippen LogP contribution < -0.4 is 5.32 Å². The first-order chi connectivity index (χ1) is 13.6. The molecule has 1 fully saturated rings. The van der Waals surface area contributed by atoms with Crippen LogP contribution in [0.3, 0.4) is 0 Å². The van der Waals surface area contributed by atoms with Gasteiger partial charge in [-0.05, 0) is 29.8 Å². The van der Waals surface area contributed by atoms with Crippen LogP contribution in [-0.2, 0) is 16.1 Å². The molecule has 28 heavy (non-hydrogen) atoms. The summed E-state index contributed by atoms with van der Waals surface area (Å²) in [6, 6.07) is 16.4. The van der Waals surface area contributed by atoms with Gasteiger partial charge >= 0.3 is 0 Å². The summed E-state index contributed by atoms with van der Waals surface area (Å²) in [6.45, 7) is 0.234. The van der Waals surface area contributed by atoms with Crippen molar-refractivity contribution in [1.29, 1.82) is 5.26 Å². The molecule has 1 aliphatic heterocycles. The third-order valence-electron chi connectivity index (χ3n) is 4.32. The minimum atomic E-state index is -0.242. The van der Waals surface area contributed by atoms with Gasteiger partial charge in [0.05, 0.1) is 18.3 Å². The molecule has 0 aliphatic carbocycles. The van der Waals surface area contributed by atoms with E-state index in [1.165, 1.54) is 16.7 Å². The topological polar surface area (TPSA) is 90.3 Å². The molecule has 0 radical (unpaired) electrons. The highest BCUT2D eigenvalue weighted by Crippen LogP contribution is 2.28. The van der Waals surface area contributed by atoms with Gasteiger partial charge in [0.25, 0.3) is 5.91 Å². The highest BCUT2D eigenvalue weighted by Gasteiger charge is 2.28. The van der Waals surface area contributed by atoms with E-state index in [0.717, 1.165) is 10.5 Å². The Morgan fingerprint density at radius 2 is 1.75 bits per heavy atom. The second kappa shape index (κ2) is 9.20. The molecule has 2 aromatic carbocycles. The largest absolute Gasteiger partial charge is 0.321 e. The highest BCUT2D eigenvalue weighted by atomic mass is 32.2. The monoisotopic (exact) mass is 393 g/mol. The number of nitrogens with zero attached hydrogens (tertiary/aromatic N) is 2. The number of carbonyl (C=O) groups excluding carboxylic acids is 3. The molecular formula is C21H19N3O3S. The number of amides is 3. The molecule has 1 N–H and O–H groups in total. The molecule has 3 rings (SSSR count). The molecule has 2 aromatic rings. The lowest BCUT2D eigenvalue weighted by Gasteiger charge is -2.14. The molecule has 1 aliphatic rings. The molecule has 0 spiro atoms. The lowest BCUT2D eigenvalue weighted by molar-refractivity contribution is -0.139. The molecule has 1 saturated heterocycles. The van der Waals surface area contributed by atoms with E-state index in [-0.39, 0.29) is 37.1 Å². The lowest BCUT2D eigenvalue weighted by atomic mass is 10.1. The predicted molar refractivity (Wildman–Crippen MR) is 107 cm³/mol. The third-order valence-corrected chi connectivity index (χ3v) is 5.39. The van der Waals surface area contributed by atoms with E-state index in [1.54, 1.807) is 24.3 Å². The Morgan fingerprint density at radius 1 is 1.07 bits per heavy atom. The molecule has 0 saturated carbocycles. The van der Waals surface area contributed by atoms with Crippen LogP contribution in [0.1, 0.15) is 35.2 Å². The number of imide groups is 1. The Kier molecular flexibility index (Phi) is 6.45. The Balaban J connectivity index is 1.65. The van der Waals surface area contributed by atoms with Gasteiger partial charge < -0.3 is 5.32 Å². The standard InChI is InChI=1S/C21H19N3O3S/c22-12-3-13-28-18-5-2-1-4-17(18)23-21(27)16-8-6-15(7-9-16)14-24-19(25)10-11-20(24)26/h1-2,4-9H,3,10-11,13-14H2,(H,23,27). The maximum atomic E-state index is 12.6. The smallest absolute Gasteiger partial charge is 0.255 e. The van der Waals surface area contributed by atoms with Crippen molar-refractivity contribution in [3.05, 3.63) is 59.7 Å². The number of benzene rings is 2. The van der Waals surface area contributed by atoms with Gasteiger partial charge in [-0.3, -0.25) is 19.3 Å². The van der Waals surface area contributed by atoms with Gasteiger partial charge in [0.1, 0.15) is 0 Å². The highest BCUT2D eigenvalue weighted by molar-refractivity contribution is 7.99. The van der Waals surface area contributed by atoms with Crippen LogP contribution in [0.5, 0.6) is 0 Å². The average molecular weight is 393 g/mol. The molecule has 1 heterocycles. The van der Waals surface area contributed by atoms with Crippen molar-refractivity contribution in [1.82, 2.24) is 4.90 Å². The Hall–Kier alpha value is -3.11. The predicted octanol–water partition coefficient (Wildman–Crippen LogP) is 3.59. The van der Waals surface area contributed by atoms with Gasteiger partial charge in [0.15, 0.2) is 0 Å². The summed E-state index contributed by atoms with van der Waals surface area (Å²) >= 11 is 1.52. The van der Waals surface area contributed by atoms with E-state index in [1.807, 2.05) is 24.3 Å². The van der Waals surface area contributed by atoms with E-state index < -0.39 is 0 Å². The first kappa shape index (κ1) is 19.6. The van der Waals surface area contributed by atoms with E-state index >= 15 is 0 Å². The minimum Gasteiger partial charge on any atom is -0.321 e. The van der Waals surface area contributed by atoms with Gasteiger partial charge in [-0.25, -0.2) is 0 Å². The molecule has 7 heteroatoms. The summed E-state index contributed by atoms with van der Waals surface area (Å²) in [4.78, 5) is 38.2. The molecular weight excluding hydrogens is 374 g/mol. The molecule has 0 atom stereocenters. The van der Waals surface area contributed by atoms with Crippen molar-refractivity contribution in [3.8, 4) is 6.07 Å². The number of hydrogen-bond acceptors (Lipinski definition) is 5. The lowest BCUT2D eigenvalue weighted by Crippen LogP contribution is -2.28. The maximum absolute atomic E-state index is 12.6. The number of thioether (sulfide) groups is 1. The van der Waals surface area contributed by atoms with Crippen molar-refractivity contribution in [3.63, 3.8) is 0 Å². The van der Waals surface area contributed by atoms with Crippen molar-refractivity contribution in [2.45, 2.75) is 30.7 Å². The SMILES string of the molecule is N#CCCSc1ccccc1NC(=O)c1ccc(CN2C(=O)CCC2=O)cc1. The van der Waals surface area contributed by atoms with Crippen molar-refractivity contribution >= 4 is 35.2 Å². The zero-order valence-electron chi connectivity index (χ0n) is 15.2. The average Bonchev–Trinajstić information content (AvgIpc) is 3.02. The number of rotatable bonds is 7. The normalized spacial score (nSPS) is 13.5. The summed E-state index contributed by atoms with van der Waals surface area (Å²) in [5, 5.41) is 11.6. The summed E-state index contributed by atoms with van der Waals surface area (Å²) < 4.78 is 0. The number of nitriles is 1. The van der Waals surface area contributed by atoms with Gasteiger partial charge in [0.2, 0.25) is 11.8 Å². The molecule has 0 aromatic heterocycles. The van der Waals surface area contributed by atoms with Crippen LogP contribution in [0.2, 0.25) is 0 Å². The van der Waals surface area contributed by atoms with E-state index in [4.69, 9.17) is 5.26 Å². The number of nitrogens with one attached hydrogen (secondary N) is 1.